The maximum atomic E-state index is 12.2. The van der Waals surface area contributed by atoms with Crippen molar-refractivity contribution in [2.45, 2.75) is 32.8 Å². The lowest BCUT2D eigenvalue weighted by atomic mass is 10.2. The largest absolute Gasteiger partial charge is 0.494 e. The summed E-state index contributed by atoms with van der Waals surface area (Å²) in [6, 6.07) is 20.8. The summed E-state index contributed by atoms with van der Waals surface area (Å²) in [6.45, 7) is 3.00. The molecule has 6 heteroatoms. The first-order chi connectivity index (χ1) is 16.5. The first-order valence-corrected chi connectivity index (χ1v) is 11.6. The molecule has 0 fully saturated rings. The van der Waals surface area contributed by atoms with Crippen molar-refractivity contribution in [2.24, 2.45) is 0 Å². The van der Waals surface area contributed by atoms with E-state index in [0.29, 0.717) is 22.9 Å². The average molecular weight is 479 g/mol. The van der Waals surface area contributed by atoms with E-state index in [0.717, 1.165) is 36.1 Å². The van der Waals surface area contributed by atoms with Gasteiger partial charge in [-0.15, -0.1) is 0 Å². The van der Waals surface area contributed by atoms with Gasteiger partial charge in [-0.05, 0) is 72.2 Å². The first-order valence-electron chi connectivity index (χ1n) is 11.2. The Labute approximate surface area is 204 Å². The summed E-state index contributed by atoms with van der Waals surface area (Å²) >= 11 is 5.85. The molecule has 0 unspecified atom stereocenters. The molecule has 3 rings (SSSR count). The fourth-order valence-electron chi connectivity index (χ4n) is 3.00. The molecule has 34 heavy (non-hydrogen) atoms. The molecule has 0 aromatic heterocycles. The molecule has 0 saturated heterocycles. The summed E-state index contributed by atoms with van der Waals surface area (Å²) in [5.74, 6) is 0.158. The highest BCUT2D eigenvalue weighted by Gasteiger charge is 2.09. The number of esters is 2. The van der Waals surface area contributed by atoms with Crippen LogP contribution in [0.3, 0.4) is 0 Å². The van der Waals surface area contributed by atoms with Crippen LogP contribution < -0.4 is 9.47 Å². The molecule has 5 nitrogen and oxygen atoms in total. The second-order valence-electron chi connectivity index (χ2n) is 7.61. The van der Waals surface area contributed by atoms with Crippen LogP contribution in [-0.4, -0.2) is 18.5 Å². The van der Waals surface area contributed by atoms with Crippen LogP contribution in [0.15, 0.2) is 78.9 Å². The lowest BCUT2D eigenvalue weighted by Gasteiger charge is -2.06. The van der Waals surface area contributed by atoms with Crippen molar-refractivity contribution in [3.8, 4) is 11.5 Å². The van der Waals surface area contributed by atoms with Gasteiger partial charge in [0.25, 0.3) is 0 Å². The van der Waals surface area contributed by atoms with E-state index in [9.17, 15) is 9.59 Å². The van der Waals surface area contributed by atoms with Crippen molar-refractivity contribution in [2.75, 3.05) is 6.61 Å². The van der Waals surface area contributed by atoms with Gasteiger partial charge < -0.3 is 14.2 Å². The zero-order chi connectivity index (χ0) is 24.2. The van der Waals surface area contributed by atoms with Crippen LogP contribution in [0.25, 0.3) is 6.08 Å². The second kappa shape index (κ2) is 13.2. The second-order valence-corrected chi connectivity index (χ2v) is 8.04. The van der Waals surface area contributed by atoms with Gasteiger partial charge in [-0.25, -0.2) is 9.59 Å². The lowest BCUT2D eigenvalue weighted by Crippen LogP contribution is -2.06. The predicted octanol–water partition coefficient (Wildman–Crippen LogP) is 6.88. The Kier molecular flexibility index (Phi) is 9.74. The lowest BCUT2D eigenvalue weighted by molar-refractivity contribution is -0.128. The molecule has 0 atom stereocenters. The fourth-order valence-corrected chi connectivity index (χ4v) is 3.13. The smallest absolute Gasteiger partial charge is 0.338 e. The third-order valence-electron chi connectivity index (χ3n) is 4.90. The van der Waals surface area contributed by atoms with E-state index >= 15 is 0 Å². The van der Waals surface area contributed by atoms with Crippen LogP contribution in [0.5, 0.6) is 11.5 Å². The third-order valence-corrected chi connectivity index (χ3v) is 5.15. The highest BCUT2D eigenvalue weighted by Crippen LogP contribution is 2.17. The molecule has 3 aromatic carbocycles. The molecule has 0 heterocycles. The molecule has 0 aliphatic heterocycles. The number of ether oxygens (including phenoxy) is 3. The normalized spacial score (nSPS) is 10.8. The van der Waals surface area contributed by atoms with Crippen LogP contribution >= 0.6 is 11.6 Å². The first kappa shape index (κ1) is 25.1. The highest BCUT2D eigenvalue weighted by atomic mass is 35.5. The Bertz CT molecular complexity index is 1090. The van der Waals surface area contributed by atoms with Crippen molar-refractivity contribution < 1.29 is 23.8 Å². The molecule has 0 saturated carbocycles. The maximum absolute atomic E-state index is 12.2. The molecular formula is C28H27ClO5. The SMILES string of the molecule is CCCCCOc1ccc(/C=C/C(=O)Oc2ccc(C(=O)OCc3ccc(Cl)cc3)cc2)cc1. The minimum Gasteiger partial charge on any atom is -0.494 e. The van der Waals surface area contributed by atoms with Crippen molar-refractivity contribution in [1.82, 2.24) is 0 Å². The number of hydrogen-bond donors (Lipinski definition) is 0. The van der Waals surface area contributed by atoms with E-state index in [2.05, 4.69) is 6.92 Å². The van der Waals surface area contributed by atoms with Gasteiger partial charge in [0.1, 0.15) is 18.1 Å². The zero-order valence-corrected chi connectivity index (χ0v) is 19.8. The molecule has 176 valence electrons. The number of hydrogen-bond acceptors (Lipinski definition) is 5. The molecule has 0 spiro atoms. The van der Waals surface area contributed by atoms with Gasteiger partial charge in [0.15, 0.2) is 0 Å². The monoisotopic (exact) mass is 478 g/mol. The number of carbonyl (C=O) groups excluding carboxylic acids is 2. The van der Waals surface area contributed by atoms with Crippen molar-refractivity contribution in [1.29, 1.82) is 0 Å². The van der Waals surface area contributed by atoms with Crippen LogP contribution in [0.4, 0.5) is 0 Å². The number of halogens is 1. The van der Waals surface area contributed by atoms with E-state index in [1.54, 1.807) is 54.6 Å². The summed E-state index contributed by atoms with van der Waals surface area (Å²) in [4.78, 5) is 24.3. The van der Waals surface area contributed by atoms with Crippen LogP contribution in [0.1, 0.15) is 47.7 Å². The Morgan fingerprint density at radius 3 is 2.21 bits per heavy atom. The van der Waals surface area contributed by atoms with Crippen molar-refractivity contribution >= 4 is 29.6 Å². The van der Waals surface area contributed by atoms with Crippen LogP contribution in [0, 0.1) is 0 Å². The zero-order valence-electron chi connectivity index (χ0n) is 19.0. The van der Waals surface area contributed by atoms with Crippen LogP contribution in [0.2, 0.25) is 5.02 Å². The molecule has 0 aliphatic carbocycles. The topological polar surface area (TPSA) is 61.8 Å². The quantitative estimate of drug-likeness (QED) is 0.130. The molecule has 0 N–H and O–H groups in total. The summed E-state index contributed by atoms with van der Waals surface area (Å²) in [5, 5.41) is 0.621. The number of unbranched alkanes of at least 4 members (excludes halogenated alkanes) is 2. The fraction of sp³-hybridized carbons (Fsp3) is 0.214. The molecular weight excluding hydrogens is 452 g/mol. The minimum absolute atomic E-state index is 0.142. The molecule has 3 aromatic rings. The predicted molar refractivity (Wildman–Crippen MR) is 133 cm³/mol. The highest BCUT2D eigenvalue weighted by molar-refractivity contribution is 6.30. The Morgan fingerprint density at radius 1 is 0.853 bits per heavy atom. The van der Waals surface area contributed by atoms with Crippen LogP contribution in [-0.2, 0) is 16.1 Å². The van der Waals surface area contributed by atoms with Gasteiger partial charge in [-0.2, -0.15) is 0 Å². The summed E-state index contributed by atoms with van der Waals surface area (Å²) in [6.07, 6.45) is 6.37. The van der Waals surface area contributed by atoms with E-state index < -0.39 is 11.9 Å². The standard InChI is InChI=1S/C28H27ClO5/c1-2-3-4-19-32-25-14-7-21(8-15-25)9-18-27(30)34-26-16-10-23(11-17-26)28(31)33-20-22-5-12-24(29)13-6-22/h5-18H,2-4,19-20H2,1H3/b18-9+. The van der Waals surface area contributed by atoms with E-state index in [1.165, 1.54) is 6.08 Å². The van der Waals surface area contributed by atoms with E-state index in [-0.39, 0.29) is 6.61 Å². The molecule has 0 amide bonds. The van der Waals surface area contributed by atoms with Gasteiger partial charge in [-0.3, -0.25) is 0 Å². The summed E-state index contributed by atoms with van der Waals surface area (Å²) in [5.41, 5.74) is 2.06. The maximum Gasteiger partial charge on any atom is 0.338 e. The number of rotatable bonds is 11. The molecule has 0 radical (unpaired) electrons. The van der Waals surface area contributed by atoms with Gasteiger partial charge in [0.05, 0.1) is 12.2 Å². The molecule has 0 bridgehead atoms. The van der Waals surface area contributed by atoms with E-state index in [1.807, 2.05) is 24.3 Å². The number of carbonyl (C=O) groups is 2. The average Bonchev–Trinajstić information content (AvgIpc) is 2.86. The Hall–Kier alpha value is -3.57. The van der Waals surface area contributed by atoms with E-state index in [4.69, 9.17) is 25.8 Å². The Morgan fingerprint density at radius 2 is 1.53 bits per heavy atom. The molecule has 0 aliphatic rings. The van der Waals surface area contributed by atoms with Gasteiger partial charge >= 0.3 is 11.9 Å². The van der Waals surface area contributed by atoms with Gasteiger partial charge in [0, 0.05) is 11.1 Å². The Balaban J connectivity index is 1.45. The number of benzene rings is 3. The van der Waals surface area contributed by atoms with Crippen molar-refractivity contribution in [3.63, 3.8) is 0 Å². The summed E-state index contributed by atoms with van der Waals surface area (Å²) in [7, 11) is 0. The van der Waals surface area contributed by atoms with Gasteiger partial charge in [-0.1, -0.05) is 55.6 Å². The minimum atomic E-state index is -0.516. The third kappa shape index (κ3) is 8.41. The van der Waals surface area contributed by atoms with Crippen molar-refractivity contribution in [3.05, 3.63) is 101 Å². The summed E-state index contributed by atoms with van der Waals surface area (Å²) < 4.78 is 16.3. The van der Waals surface area contributed by atoms with Gasteiger partial charge in [0.2, 0.25) is 0 Å².